The normalized spacial score (nSPS) is 37.1. The molecule has 14 heavy (non-hydrogen) atoms. The summed E-state index contributed by atoms with van der Waals surface area (Å²) in [7, 11) is 2.07. The summed E-state index contributed by atoms with van der Waals surface area (Å²) < 4.78 is 0. The minimum absolute atomic E-state index is 0.469. The molecule has 2 rings (SSSR count). The van der Waals surface area contributed by atoms with Crippen molar-refractivity contribution in [2.75, 3.05) is 20.1 Å². The van der Waals surface area contributed by atoms with Crippen molar-refractivity contribution in [3.05, 3.63) is 0 Å². The highest BCUT2D eigenvalue weighted by Gasteiger charge is 2.43. The standard InChI is InChI=1S/C12H24N2/c1-12(2)7-4-8-14(12)11-6-5-10(11)9-13-3/h10-11,13H,4-9H2,1-3H3. The van der Waals surface area contributed by atoms with Crippen molar-refractivity contribution in [1.82, 2.24) is 10.2 Å². The van der Waals surface area contributed by atoms with Crippen molar-refractivity contribution in [2.45, 2.75) is 51.1 Å². The zero-order chi connectivity index (χ0) is 10.2. The van der Waals surface area contributed by atoms with Crippen molar-refractivity contribution in [3.63, 3.8) is 0 Å². The number of nitrogens with one attached hydrogen (secondary N) is 1. The van der Waals surface area contributed by atoms with Crippen LogP contribution in [-0.2, 0) is 0 Å². The molecule has 1 saturated carbocycles. The van der Waals surface area contributed by atoms with Gasteiger partial charge in [-0.05, 0) is 65.6 Å². The van der Waals surface area contributed by atoms with Crippen molar-refractivity contribution >= 4 is 0 Å². The summed E-state index contributed by atoms with van der Waals surface area (Å²) in [6, 6.07) is 0.875. The molecule has 2 fully saturated rings. The van der Waals surface area contributed by atoms with Gasteiger partial charge in [-0.15, -0.1) is 0 Å². The second kappa shape index (κ2) is 3.82. The average Bonchev–Trinajstić information content (AvgIpc) is 2.41. The molecule has 2 atom stereocenters. The summed E-state index contributed by atoms with van der Waals surface area (Å²) in [6.07, 6.45) is 5.64. The molecular formula is C12H24N2. The van der Waals surface area contributed by atoms with Gasteiger partial charge in [0.05, 0.1) is 0 Å². The molecule has 2 aliphatic rings. The molecule has 0 radical (unpaired) electrons. The SMILES string of the molecule is CNCC1CCC1N1CCCC1(C)C. The minimum Gasteiger partial charge on any atom is -0.319 e. The van der Waals surface area contributed by atoms with Crippen LogP contribution in [0.15, 0.2) is 0 Å². The van der Waals surface area contributed by atoms with Gasteiger partial charge in [0, 0.05) is 11.6 Å². The van der Waals surface area contributed by atoms with Crippen LogP contribution in [-0.4, -0.2) is 36.6 Å². The number of likely N-dealkylation sites (tertiary alicyclic amines) is 1. The van der Waals surface area contributed by atoms with Crippen LogP contribution in [0.2, 0.25) is 0 Å². The molecule has 0 amide bonds. The van der Waals surface area contributed by atoms with E-state index in [1.807, 2.05) is 0 Å². The highest BCUT2D eigenvalue weighted by atomic mass is 15.2. The molecule has 1 aliphatic heterocycles. The molecule has 0 bridgehead atoms. The third kappa shape index (κ3) is 1.70. The Hall–Kier alpha value is -0.0800. The summed E-state index contributed by atoms with van der Waals surface area (Å²) in [6.45, 7) is 7.36. The third-order valence-corrected chi connectivity index (χ3v) is 4.21. The number of rotatable bonds is 3. The van der Waals surface area contributed by atoms with Gasteiger partial charge in [0.25, 0.3) is 0 Å². The van der Waals surface area contributed by atoms with Crippen LogP contribution < -0.4 is 5.32 Å². The summed E-state index contributed by atoms with van der Waals surface area (Å²) in [5, 5.41) is 3.32. The molecule has 0 aromatic carbocycles. The van der Waals surface area contributed by atoms with Crippen LogP contribution >= 0.6 is 0 Å². The van der Waals surface area contributed by atoms with Crippen LogP contribution in [0.25, 0.3) is 0 Å². The lowest BCUT2D eigenvalue weighted by atomic mass is 9.77. The fourth-order valence-corrected chi connectivity index (χ4v) is 3.21. The van der Waals surface area contributed by atoms with E-state index in [1.54, 1.807) is 0 Å². The van der Waals surface area contributed by atoms with Gasteiger partial charge >= 0.3 is 0 Å². The second-order valence-electron chi connectivity index (χ2n) is 5.57. The molecule has 82 valence electrons. The van der Waals surface area contributed by atoms with E-state index in [0.717, 1.165) is 12.0 Å². The predicted molar refractivity (Wildman–Crippen MR) is 60.5 cm³/mol. The van der Waals surface area contributed by atoms with E-state index in [4.69, 9.17) is 0 Å². The Balaban J connectivity index is 1.95. The Morgan fingerprint density at radius 2 is 2.14 bits per heavy atom. The topological polar surface area (TPSA) is 15.3 Å². The Kier molecular flexibility index (Phi) is 2.85. The smallest absolute Gasteiger partial charge is 0.0156 e. The van der Waals surface area contributed by atoms with Crippen LogP contribution in [0.4, 0.5) is 0 Å². The lowest BCUT2D eigenvalue weighted by Crippen LogP contribution is -2.55. The molecule has 1 aliphatic carbocycles. The molecule has 2 heteroatoms. The van der Waals surface area contributed by atoms with Crippen molar-refractivity contribution in [2.24, 2.45) is 5.92 Å². The molecule has 1 saturated heterocycles. The highest BCUT2D eigenvalue weighted by Crippen LogP contribution is 2.40. The van der Waals surface area contributed by atoms with Gasteiger partial charge in [0.2, 0.25) is 0 Å². The Morgan fingerprint density at radius 1 is 1.36 bits per heavy atom. The number of hydrogen-bond donors (Lipinski definition) is 1. The Morgan fingerprint density at radius 3 is 2.57 bits per heavy atom. The summed E-state index contributed by atoms with van der Waals surface area (Å²) in [4.78, 5) is 2.76. The molecular weight excluding hydrogens is 172 g/mol. The Labute approximate surface area is 88.1 Å². The zero-order valence-corrected chi connectivity index (χ0v) is 9.84. The van der Waals surface area contributed by atoms with Crippen LogP contribution in [0, 0.1) is 5.92 Å². The zero-order valence-electron chi connectivity index (χ0n) is 9.84. The van der Waals surface area contributed by atoms with E-state index in [0.29, 0.717) is 5.54 Å². The Bertz CT molecular complexity index is 200. The largest absolute Gasteiger partial charge is 0.319 e. The van der Waals surface area contributed by atoms with Gasteiger partial charge < -0.3 is 5.32 Å². The molecule has 0 spiro atoms. The highest BCUT2D eigenvalue weighted by molar-refractivity contribution is 4.98. The van der Waals surface area contributed by atoms with E-state index in [1.165, 1.54) is 38.8 Å². The summed E-state index contributed by atoms with van der Waals surface area (Å²) >= 11 is 0. The lowest BCUT2D eigenvalue weighted by molar-refractivity contribution is 0.0184. The van der Waals surface area contributed by atoms with Gasteiger partial charge in [0.1, 0.15) is 0 Å². The summed E-state index contributed by atoms with van der Waals surface area (Å²) in [5.74, 6) is 0.914. The van der Waals surface area contributed by atoms with Crippen LogP contribution in [0.3, 0.4) is 0 Å². The molecule has 1 N–H and O–H groups in total. The van der Waals surface area contributed by atoms with E-state index >= 15 is 0 Å². The fourth-order valence-electron chi connectivity index (χ4n) is 3.21. The fraction of sp³-hybridized carbons (Fsp3) is 1.00. The average molecular weight is 196 g/mol. The first kappa shape index (κ1) is 10.4. The molecule has 1 heterocycles. The van der Waals surface area contributed by atoms with E-state index in [9.17, 15) is 0 Å². The first-order chi connectivity index (χ1) is 6.65. The maximum atomic E-state index is 3.32. The van der Waals surface area contributed by atoms with Crippen LogP contribution in [0.5, 0.6) is 0 Å². The lowest BCUT2D eigenvalue weighted by Gasteiger charge is -2.48. The van der Waals surface area contributed by atoms with Gasteiger partial charge in [-0.3, -0.25) is 4.90 Å². The van der Waals surface area contributed by atoms with Gasteiger partial charge in [0.15, 0.2) is 0 Å². The summed E-state index contributed by atoms with van der Waals surface area (Å²) in [5.41, 5.74) is 0.469. The van der Waals surface area contributed by atoms with Crippen molar-refractivity contribution < 1.29 is 0 Å². The molecule has 0 aromatic heterocycles. The first-order valence-corrected chi connectivity index (χ1v) is 6.06. The maximum absolute atomic E-state index is 3.32. The van der Waals surface area contributed by atoms with Gasteiger partial charge in [-0.1, -0.05) is 0 Å². The van der Waals surface area contributed by atoms with E-state index in [2.05, 4.69) is 31.1 Å². The number of nitrogens with zero attached hydrogens (tertiary/aromatic N) is 1. The van der Waals surface area contributed by atoms with Crippen molar-refractivity contribution in [1.29, 1.82) is 0 Å². The van der Waals surface area contributed by atoms with Gasteiger partial charge in [-0.25, -0.2) is 0 Å². The minimum atomic E-state index is 0.469. The first-order valence-electron chi connectivity index (χ1n) is 6.06. The predicted octanol–water partition coefficient (Wildman–Crippen LogP) is 1.86. The third-order valence-electron chi connectivity index (χ3n) is 4.21. The van der Waals surface area contributed by atoms with Gasteiger partial charge in [-0.2, -0.15) is 0 Å². The van der Waals surface area contributed by atoms with E-state index in [-0.39, 0.29) is 0 Å². The molecule has 0 aromatic rings. The van der Waals surface area contributed by atoms with E-state index < -0.39 is 0 Å². The molecule has 2 nitrogen and oxygen atoms in total. The van der Waals surface area contributed by atoms with Crippen molar-refractivity contribution in [3.8, 4) is 0 Å². The molecule has 2 unspecified atom stereocenters. The maximum Gasteiger partial charge on any atom is 0.0156 e. The second-order valence-corrected chi connectivity index (χ2v) is 5.57. The quantitative estimate of drug-likeness (QED) is 0.741. The van der Waals surface area contributed by atoms with Crippen LogP contribution in [0.1, 0.15) is 39.5 Å². The number of hydrogen-bond acceptors (Lipinski definition) is 2. The monoisotopic (exact) mass is 196 g/mol.